The third-order valence-corrected chi connectivity index (χ3v) is 3.55. The lowest BCUT2D eigenvalue weighted by atomic mass is 10.0. The third-order valence-electron chi connectivity index (χ3n) is 3.55. The molecule has 5 heteroatoms. The number of rotatable bonds is 5. The molecule has 5 nitrogen and oxygen atoms in total. The van der Waals surface area contributed by atoms with E-state index < -0.39 is 6.04 Å². The molecule has 110 valence electrons. The van der Waals surface area contributed by atoms with Crippen LogP contribution in [-0.4, -0.2) is 49.7 Å². The Morgan fingerprint density at radius 2 is 2.00 bits per heavy atom. The number of amides is 1. The number of carbonyl (C=O) groups is 1. The second-order valence-electron chi connectivity index (χ2n) is 5.11. The second kappa shape index (κ2) is 7.38. The number of hydrogen-bond acceptors (Lipinski definition) is 4. The minimum atomic E-state index is -0.476. The summed E-state index contributed by atoms with van der Waals surface area (Å²) in [6, 6.07) is 9.93. The molecule has 1 aliphatic rings. The molecule has 3 N–H and O–H groups in total. The summed E-state index contributed by atoms with van der Waals surface area (Å²) in [5.41, 5.74) is 6.80. The number of morpholine rings is 1. The van der Waals surface area contributed by atoms with E-state index in [2.05, 4.69) is 22.3 Å². The molecule has 1 heterocycles. The zero-order valence-corrected chi connectivity index (χ0v) is 11.9. The quantitative estimate of drug-likeness (QED) is 0.823. The van der Waals surface area contributed by atoms with Gasteiger partial charge in [0.15, 0.2) is 0 Å². The average molecular weight is 277 g/mol. The zero-order chi connectivity index (χ0) is 14.4. The Hall–Kier alpha value is -1.43. The van der Waals surface area contributed by atoms with Crippen LogP contribution < -0.4 is 11.1 Å². The molecule has 1 unspecified atom stereocenters. The third kappa shape index (κ3) is 4.03. The van der Waals surface area contributed by atoms with Gasteiger partial charge in [-0.05, 0) is 12.5 Å². The number of benzene rings is 1. The van der Waals surface area contributed by atoms with Crippen LogP contribution >= 0.6 is 0 Å². The molecule has 2 atom stereocenters. The SMILES string of the molecule is C[C@@H](N)C(=O)NCC(c1ccccc1)N1CCOCC1. The molecule has 0 aliphatic carbocycles. The number of nitrogens with one attached hydrogen (secondary N) is 1. The molecule has 1 aromatic rings. The predicted molar refractivity (Wildman–Crippen MR) is 78.2 cm³/mol. The summed E-state index contributed by atoms with van der Waals surface area (Å²) in [5.74, 6) is -0.112. The van der Waals surface area contributed by atoms with Gasteiger partial charge in [0.25, 0.3) is 0 Å². The van der Waals surface area contributed by atoms with Crippen LogP contribution in [0.2, 0.25) is 0 Å². The van der Waals surface area contributed by atoms with E-state index in [0.29, 0.717) is 6.54 Å². The summed E-state index contributed by atoms with van der Waals surface area (Å²) in [6.07, 6.45) is 0. The molecule has 0 spiro atoms. The van der Waals surface area contributed by atoms with Crippen molar-refractivity contribution < 1.29 is 9.53 Å². The Morgan fingerprint density at radius 3 is 2.60 bits per heavy atom. The Morgan fingerprint density at radius 1 is 1.35 bits per heavy atom. The lowest BCUT2D eigenvalue weighted by Crippen LogP contribution is -2.46. The summed E-state index contributed by atoms with van der Waals surface area (Å²) in [6.45, 7) is 5.52. The maximum absolute atomic E-state index is 11.7. The highest BCUT2D eigenvalue weighted by molar-refractivity contribution is 5.80. The first-order chi connectivity index (χ1) is 9.68. The number of carbonyl (C=O) groups excluding carboxylic acids is 1. The van der Waals surface area contributed by atoms with Gasteiger partial charge in [-0.25, -0.2) is 0 Å². The molecule has 1 aliphatic heterocycles. The van der Waals surface area contributed by atoms with Crippen LogP contribution in [0.5, 0.6) is 0 Å². The molecular weight excluding hydrogens is 254 g/mol. The fourth-order valence-corrected chi connectivity index (χ4v) is 2.38. The molecule has 1 amide bonds. The number of nitrogens with two attached hydrogens (primary N) is 1. The van der Waals surface area contributed by atoms with E-state index in [4.69, 9.17) is 10.5 Å². The highest BCUT2D eigenvalue weighted by atomic mass is 16.5. The van der Waals surface area contributed by atoms with E-state index in [1.54, 1.807) is 6.92 Å². The van der Waals surface area contributed by atoms with E-state index >= 15 is 0 Å². The summed E-state index contributed by atoms with van der Waals surface area (Å²) in [4.78, 5) is 14.0. The van der Waals surface area contributed by atoms with Crippen LogP contribution in [0.25, 0.3) is 0 Å². The molecule has 0 bridgehead atoms. The van der Waals surface area contributed by atoms with Crippen molar-refractivity contribution >= 4 is 5.91 Å². The summed E-state index contributed by atoms with van der Waals surface area (Å²) in [7, 11) is 0. The van der Waals surface area contributed by atoms with Crippen molar-refractivity contribution in [3.8, 4) is 0 Å². The van der Waals surface area contributed by atoms with E-state index in [0.717, 1.165) is 26.3 Å². The van der Waals surface area contributed by atoms with Crippen LogP contribution in [0.15, 0.2) is 30.3 Å². The van der Waals surface area contributed by atoms with Gasteiger partial charge in [-0.15, -0.1) is 0 Å². The van der Waals surface area contributed by atoms with Gasteiger partial charge in [-0.3, -0.25) is 9.69 Å². The molecule has 0 saturated carbocycles. The second-order valence-corrected chi connectivity index (χ2v) is 5.11. The van der Waals surface area contributed by atoms with Crippen LogP contribution in [0.3, 0.4) is 0 Å². The summed E-state index contributed by atoms with van der Waals surface area (Å²) >= 11 is 0. The monoisotopic (exact) mass is 277 g/mol. The molecule has 0 aromatic heterocycles. The fourth-order valence-electron chi connectivity index (χ4n) is 2.38. The average Bonchev–Trinajstić information content (AvgIpc) is 2.49. The van der Waals surface area contributed by atoms with E-state index in [1.165, 1.54) is 5.56 Å². The van der Waals surface area contributed by atoms with Crippen molar-refractivity contribution in [1.82, 2.24) is 10.2 Å². The molecule has 1 fully saturated rings. The lowest BCUT2D eigenvalue weighted by Gasteiger charge is -2.35. The molecule has 1 aromatic carbocycles. The fraction of sp³-hybridized carbons (Fsp3) is 0.533. The maximum atomic E-state index is 11.7. The summed E-state index contributed by atoms with van der Waals surface area (Å²) < 4.78 is 5.40. The van der Waals surface area contributed by atoms with E-state index in [-0.39, 0.29) is 11.9 Å². The first-order valence-corrected chi connectivity index (χ1v) is 7.08. The smallest absolute Gasteiger partial charge is 0.236 e. The topological polar surface area (TPSA) is 67.6 Å². The van der Waals surface area contributed by atoms with Crippen LogP contribution in [0.4, 0.5) is 0 Å². The van der Waals surface area contributed by atoms with Crippen LogP contribution in [-0.2, 0) is 9.53 Å². The first-order valence-electron chi connectivity index (χ1n) is 7.08. The molecule has 20 heavy (non-hydrogen) atoms. The Bertz CT molecular complexity index is 416. The van der Waals surface area contributed by atoms with Gasteiger partial charge in [-0.2, -0.15) is 0 Å². The van der Waals surface area contributed by atoms with Gasteiger partial charge >= 0.3 is 0 Å². The van der Waals surface area contributed by atoms with Gasteiger partial charge < -0.3 is 15.8 Å². The number of nitrogens with zero attached hydrogens (tertiary/aromatic N) is 1. The number of ether oxygens (including phenoxy) is 1. The normalized spacial score (nSPS) is 19.3. The first kappa shape index (κ1) is 15.0. The van der Waals surface area contributed by atoms with Crippen molar-refractivity contribution in [3.63, 3.8) is 0 Å². The highest BCUT2D eigenvalue weighted by Gasteiger charge is 2.23. The summed E-state index contributed by atoms with van der Waals surface area (Å²) in [5, 5.41) is 2.93. The van der Waals surface area contributed by atoms with Crippen molar-refractivity contribution in [2.75, 3.05) is 32.8 Å². The van der Waals surface area contributed by atoms with Crippen LogP contribution in [0, 0.1) is 0 Å². The van der Waals surface area contributed by atoms with E-state index in [9.17, 15) is 4.79 Å². The van der Waals surface area contributed by atoms with Crippen molar-refractivity contribution in [2.45, 2.75) is 19.0 Å². The Labute approximate surface area is 120 Å². The molecule has 0 radical (unpaired) electrons. The minimum absolute atomic E-state index is 0.112. The maximum Gasteiger partial charge on any atom is 0.236 e. The van der Waals surface area contributed by atoms with Gasteiger partial charge in [0.2, 0.25) is 5.91 Å². The molecular formula is C15H23N3O2. The zero-order valence-electron chi connectivity index (χ0n) is 11.9. The minimum Gasteiger partial charge on any atom is -0.379 e. The van der Waals surface area contributed by atoms with E-state index in [1.807, 2.05) is 18.2 Å². The van der Waals surface area contributed by atoms with Gasteiger partial charge in [-0.1, -0.05) is 30.3 Å². The Kier molecular flexibility index (Phi) is 5.52. The van der Waals surface area contributed by atoms with Crippen molar-refractivity contribution in [3.05, 3.63) is 35.9 Å². The van der Waals surface area contributed by atoms with Gasteiger partial charge in [0.05, 0.1) is 25.3 Å². The van der Waals surface area contributed by atoms with Gasteiger partial charge in [0, 0.05) is 19.6 Å². The highest BCUT2D eigenvalue weighted by Crippen LogP contribution is 2.20. The largest absolute Gasteiger partial charge is 0.379 e. The van der Waals surface area contributed by atoms with Crippen molar-refractivity contribution in [2.24, 2.45) is 5.73 Å². The molecule has 1 saturated heterocycles. The van der Waals surface area contributed by atoms with Gasteiger partial charge in [0.1, 0.15) is 0 Å². The standard InChI is InChI=1S/C15H23N3O2/c1-12(16)15(19)17-11-14(13-5-3-2-4-6-13)18-7-9-20-10-8-18/h2-6,12,14H,7-11,16H2,1H3,(H,17,19)/t12-,14?/m1/s1. The lowest BCUT2D eigenvalue weighted by molar-refractivity contribution is -0.122. The predicted octanol–water partition coefficient (Wildman–Crippen LogP) is 0.523. The van der Waals surface area contributed by atoms with Crippen molar-refractivity contribution in [1.29, 1.82) is 0 Å². The van der Waals surface area contributed by atoms with Crippen LogP contribution in [0.1, 0.15) is 18.5 Å². The molecule has 2 rings (SSSR count). The number of hydrogen-bond donors (Lipinski definition) is 2. The Balaban J connectivity index is 2.05.